The second-order valence-corrected chi connectivity index (χ2v) is 7.72. The molecule has 1 aromatic carbocycles. The van der Waals surface area contributed by atoms with E-state index in [1.807, 2.05) is 23.6 Å². The number of benzene rings is 1. The summed E-state index contributed by atoms with van der Waals surface area (Å²) in [6, 6.07) is 14.4. The highest BCUT2D eigenvalue weighted by Gasteiger charge is 2.19. The third-order valence-corrected chi connectivity index (χ3v) is 5.55. The standard InChI is InChI=1S/C21H23N5OS/c27-20(24-21-23-19(16-28-21)18-7-4-8-22-13-18)15-26-11-9-25(10-12-26)14-17-5-2-1-3-6-17/h1-8,13,16H,9-12,14-15H2,(H,23,24,27). The summed E-state index contributed by atoms with van der Waals surface area (Å²) < 4.78 is 0. The van der Waals surface area contributed by atoms with Gasteiger partial charge in [0.15, 0.2) is 5.13 Å². The Morgan fingerprint density at radius 3 is 2.57 bits per heavy atom. The molecule has 0 unspecified atom stereocenters. The van der Waals surface area contributed by atoms with Crippen LogP contribution in [-0.4, -0.2) is 58.4 Å². The van der Waals surface area contributed by atoms with Crippen LogP contribution in [0.25, 0.3) is 11.3 Å². The predicted molar refractivity (Wildman–Crippen MR) is 112 cm³/mol. The summed E-state index contributed by atoms with van der Waals surface area (Å²) in [5, 5.41) is 5.49. The number of nitrogens with one attached hydrogen (secondary N) is 1. The summed E-state index contributed by atoms with van der Waals surface area (Å²) in [4.78, 5) is 25.6. The zero-order valence-electron chi connectivity index (χ0n) is 15.6. The summed E-state index contributed by atoms with van der Waals surface area (Å²) >= 11 is 1.44. The second kappa shape index (κ2) is 9.05. The molecular weight excluding hydrogens is 370 g/mol. The highest BCUT2D eigenvalue weighted by atomic mass is 32.1. The van der Waals surface area contributed by atoms with Crippen molar-refractivity contribution in [3.05, 3.63) is 65.8 Å². The van der Waals surface area contributed by atoms with Crippen molar-refractivity contribution < 1.29 is 4.79 Å². The van der Waals surface area contributed by atoms with Gasteiger partial charge in [-0.2, -0.15) is 0 Å². The molecule has 7 heteroatoms. The molecule has 0 radical (unpaired) electrons. The van der Waals surface area contributed by atoms with E-state index >= 15 is 0 Å². The average Bonchev–Trinajstić information content (AvgIpc) is 3.19. The number of thiazole rings is 1. The first-order valence-electron chi connectivity index (χ1n) is 9.41. The van der Waals surface area contributed by atoms with Crippen molar-refractivity contribution in [3.63, 3.8) is 0 Å². The molecule has 0 atom stereocenters. The third-order valence-electron chi connectivity index (χ3n) is 4.79. The molecule has 4 rings (SSSR count). The van der Waals surface area contributed by atoms with Crippen LogP contribution in [0.15, 0.2) is 60.2 Å². The third kappa shape index (κ3) is 5.01. The summed E-state index contributed by atoms with van der Waals surface area (Å²) in [7, 11) is 0. The molecule has 144 valence electrons. The van der Waals surface area contributed by atoms with E-state index in [4.69, 9.17) is 0 Å². The van der Waals surface area contributed by atoms with E-state index in [0.29, 0.717) is 11.7 Å². The largest absolute Gasteiger partial charge is 0.301 e. The number of rotatable bonds is 6. The number of amides is 1. The van der Waals surface area contributed by atoms with E-state index in [-0.39, 0.29) is 5.91 Å². The van der Waals surface area contributed by atoms with Gasteiger partial charge in [-0.3, -0.25) is 19.6 Å². The Balaban J connectivity index is 1.23. The molecule has 1 N–H and O–H groups in total. The minimum absolute atomic E-state index is 0.0106. The van der Waals surface area contributed by atoms with Crippen LogP contribution in [0.1, 0.15) is 5.56 Å². The topological polar surface area (TPSA) is 61.4 Å². The molecule has 0 saturated carbocycles. The lowest BCUT2D eigenvalue weighted by molar-refractivity contribution is -0.117. The number of pyridine rings is 1. The Labute approximate surface area is 168 Å². The van der Waals surface area contributed by atoms with Crippen molar-refractivity contribution in [2.45, 2.75) is 6.54 Å². The molecule has 1 amide bonds. The van der Waals surface area contributed by atoms with Crippen LogP contribution in [0.5, 0.6) is 0 Å². The maximum absolute atomic E-state index is 12.4. The first-order chi connectivity index (χ1) is 13.8. The molecule has 0 aliphatic carbocycles. The first-order valence-corrected chi connectivity index (χ1v) is 10.3. The highest BCUT2D eigenvalue weighted by Crippen LogP contribution is 2.24. The first kappa shape index (κ1) is 18.7. The van der Waals surface area contributed by atoms with Gasteiger partial charge in [0.1, 0.15) is 0 Å². The molecule has 6 nitrogen and oxygen atoms in total. The molecule has 0 spiro atoms. The van der Waals surface area contributed by atoms with Gasteiger partial charge in [-0.05, 0) is 17.7 Å². The SMILES string of the molecule is O=C(CN1CCN(Cc2ccccc2)CC1)Nc1nc(-c2cccnc2)cs1. The van der Waals surface area contributed by atoms with E-state index in [1.54, 1.807) is 12.4 Å². The number of hydrogen-bond donors (Lipinski definition) is 1. The number of anilines is 1. The Morgan fingerprint density at radius 2 is 1.82 bits per heavy atom. The zero-order valence-corrected chi connectivity index (χ0v) is 16.4. The van der Waals surface area contributed by atoms with Gasteiger partial charge in [0, 0.05) is 56.1 Å². The van der Waals surface area contributed by atoms with Crippen molar-refractivity contribution in [2.24, 2.45) is 0 Å². The lowest BCUT2D eigenvalue weighted by Gasteiger charge is -2.34. The molecule has 1 aliphatic rings. The Bertz CT molecular complexity index is 891. The fraction of sp³-hybridized carbons (Fsp3) is 0.286. The number of carbonyl (C=O) groups is 1. The predicted octanol–water partition coefficient (Wildman–Crippen LogP) is 2.96. The average molecular weight is 394 g/mol. The van der Waals surface area contributed by atoms with Gasteiger partial charge in [-0.15, -0.1) is 11.3 Å². The van der Waals surface area contributed by atoms with Crippen LogP contribution in [0.4, 0.5) is 5.13 Å². The Hall–Kier alpha value is -2.61. The van der Waals surface area contributed by atoms with Crippen molar-refractivity contribution in [3.8, 4) is 11.3 Å². The monoisotopic (exact) mass is 393 g/mol. The lowest BCUT2D eigenvalue weighted by Crippen LogP contribution is -2.48. The number of aromatic nitrogens is 2. The fourth-order valence-electron chi connectivity index (χ4n) is 3.29. The molecule has 3 heterocycles. The van der Waals surface area contributed by atoms with Gasteiger partial charge < -0.3 is 5.32 Å². The van der Waals surface area contributed by atoms with Crippen LogP contribution in [0.3, 0.4) is 0 Å². The smallest absolute Gasteiger partial charge is 0.240 e. The van der Waals surface area contributed by atoms with Crippen molar-refractivity contribution in [1.29, 1.82) is 0 Å². The van der Waals surface area contributed by atoms with Crippen LogP contribution >= 0.6 is 11.3 Å². The molecule has 1 fully saturated rings. The van der Waals surface area contributed by atoms with E-state index in [1.165, 1.54) is 16.9 Å². The lowest BCUT2D eigenvalue weighted by atomic mass is 10.2. The van der Waals surface area contributed by atoms with Crippen LogP contribution in [0.2, 0.25) is 0 Å². The summed E-state index contributed by atoms with van der Waals surface area (Å²) in [5.74, 6) is -0.0106. The molecular formula is C21H23N5OS. The minimum Gasteiger partial charge on any atom is -0.301 e. The van der Waals surface area contributed by atoms with Crippen molar-refractivity contribution >= 4 is 22.4 Å². The van der Waals surface area contributed by atoms with Gasteiger partial charge in [0.2, 0.25) is 5.91 Å². The maximum Gasteiger partial charge on any atom is 0.240 e. The van der Waals surface area contributed by atoms with Crippen molar-refractivity contribution in [1.82, 2.24) is 19.8 Å². The summed E-state index contributed by atoms with van der Waals surface area (Å²) in [6.07, 6.45) is 3.51. The quantitative estimate of drug-likeness (QED) is 0.698. The fourth-order valence-corrected chi connectivity index (χ4v) is 4.02. The summed E-state index contributed by atoms with van der Waals surface area (Å²) in [6.45, 7) is 5.13. The maximum atomic E-state index is 12.4. The van der Waals surface area contributed by atoms with Gasteiger partial charge in [0.25, 0.3) is 0 Å². The van der Waals surface area contributed by atoms with Crippen molar-refractivity contribution in [2.75, 3.05) is 38.0 Å². The van der Waals surface area contributed by atoms with Gasteiger partial charge in [-0.25, -0.2) is 4.98 Å². The van der Waals surface area contributed by atoms with E-state index in [9.17, 15) is 4.79 Å². The van der Waals surface area contributed by atoms with Gasteiger partial charge >= 0.3 is 0 Å². The molecule has 28 heavy (non-hydrogen) atoms. The van der Waals surface area contributed by atoms with Crippen LogP contribution in [0, 0.1) is 0 Å². The molecule has 1 aliphatic heterocycles. The van der Waals surface area contributed by atoms with E-state index < -0.39 is 0 Å². The molecule has 1 saturated heterocycles. The molecule has 3 aromatic rings. The van der Waals surface area contributed by atoms with Crippen LogP contribution < -0.4 is 5.32 Å². The molecule has 0 bridgehead atoms. The van der Waals surface area contributed by atoms with Crippen LogP contribution in [-0.2, 0) is 11.3 Å². The molecule has 2 aromatic heterocycles. The normalized spacial score (nSPS) is 15.4. The number of nitrogens with zero attached hydrogens (tertiary/aromatic N) is 4. The number of carbonyl (C=O) groups excluding carboxylic acids is 1. The number of piperazine rings is 1. The highest BCUT2D eigenvalue weighted by molar-refractivity contribution is 7.14. The Kier molecular flexibility index (Phi) is 6.06. The van der Waals surface area contributed by atoms with Gasteiger partial charge in [0.05, 0.1) is 12.2 Å². The van der Waals surface area contributed by atoms with Gasteiger partial charge in [-0.1, -0.05) is 30.3 Å². The second-order valence-electron chi connectivity index (χ2n) is 6.87. The van der Waals surface area contributed by atoms with E-state index in [2.05, 4.69) is 49.4 Å². The zero-order chi connectivity index (χ0) is 19.2. The minimum atomic E-state index is -0.0106. The summed E-state index contributed by atoms with van der Waals surface area (Å²) in [5.41, 5.74) is 3.12. The number of hydrogen-bond acceptors (Lipinski definition) is 6. The van der Waals surface area contributed by atoms with E-state index in [0.717, 1.165) is 44.0 Å². The Morgan fingerprint density at radius 1 is 1.04 bits per heavy atom.